The highest BCUT2D eigenvalue weighted by molar-refractivity contribution is 5.70. The third-order valence-corrected chi connectivity index (χ3v) is 2.77. The molecule has 91 valence electrons. The first-order chi connectivity index (χ1) is 8.66. The van der Waals surface area contributed by atoms with Gasteiger partial charge in [0.2, 0.25) is 0 Å². The van der Waals surface area contributed by atoms with Crippen LogP contribution in [0.5, 0.6) is 0 Å². The topological polar surface area (TPSA) is 16.1 Å². The highest BCUT2D eigenvalue weighted by Gasteiger charge is 1.95. The average molecular weight is 237 g/mol. The highest BCUT2D eigenvalue weighted by atomic mass is 15.1. The Morgan fingerprint density at radius 2 is 1.78 bits per heavy atom. The number of benzene rings is 1. The van der Waals surface area contributed by atoms with E-state index in [1.165, 1.54) is 5.69 Å². The van der Waals surface area contributed by atoms with Gasteiger partial charge < -0.3 is 4.90 Å². The molecule has 0 fully saturated rings. The largest absolute Gasteiger partial charge is 0.378 e. The van der Waals surface area contributed by atoms with Crippen LogP contribution in [0.3, 0.4) is 0 Å². The van der Waals surface area contributed by atoms with E-state index in [1.54, 1.807) is 6.20 Å². The number of anilines is 1. The molecule has 2 rings (SSSR count). The molecular weight excluding hydrogens is 220 g/mol. The van der Waals surface area contributed by atoms with Crippen LogP contribution in [0, 0.1) is 6.92 Å². The van der Waals surface area contributed by atoms with Gasteiger partial charge in [0.15, 0.2) is 0 Å². The molecule has 2 aromatic rings. The van der Waals surface area contributed by atoms with Gasteiger partial charge in [0.25, 0.3) is 0 Å². The van der Waals surface area contributed by atoms with Crippen LogP contribution in [0.25, 0.3) is 12.2 Å². The molecule has 0 aliphatic carbocycles. The second-order valence-electron chi connectivity index (χ2n) is 4.37. The fraction of sp³-hybridized carbons (Fsp3) is 0.125. The van der Waals surface area contributed by atoms with Crippen LogP contribution in [0.1, 0.15) is 16.8 Å². The smallest absolute Gasteiger partial charge is 0.0661 e. The number of pyridine rings is 1. The number of rotatable bonds is 3. The summed E-state index contributed by atoms with van der Waals surface area (Å²) in [7, 11) is 4.07. The predicted octanol–water partition coefficient (Wildman–Crippen LogP) is 3.50. The first-order valence-corrected chi connectivity index (χ1v) is 5.89. The van der Waals surface area contributed by atoms with E-state index >= 15 is 0 Å². The van der Waals surface area contributed by atoms with Crippen LogP contribution in [-0.4, -0.2) is 19.1 Å². The monoisotopic (exact) mass is 237 g/mol. The maximum absolute atomic E-state index is 4.28. The molecular formula is C16H17N2. The second-order valence-corrected chi connectivity index (χ2v) is 4.37. The molecule has 0 saturated heterocycles. The lowest BCUT2D eigenvalue weighted by Gasteiger charge is -2.11. The fourth-order valence-corrected chi connectivity index (χ4v) is 1.66. The molecule has 0 aliphatic heterocycles. The van der Waals surface area contributed by atoms with E-state index < -0.39 is 0 Å². The normalized spacial score (nSPS) is 10.8. The van der Waals surface area contributed by atoms with E-state index in [9.17, 15) is 0 Å². The molecule has 0 amide bonds. The van der Waals surface area contributed by atoms with Crippen LogP contribution >= 0.6 is 0 Å². The van der Waals surface area contributed by atoms with Crippen molar-refractivity contribution in [1.82, 2.24) is 4.98 Å². The number of nitrogens with zero attached hydrogens (tertiary/aromatic N) is 2. The molecule has 1 radical (unpaired) electrons. The van der Waals surface area contributed by atoms with Crippen molar-refractivity contribution < 1.29 is 0 Å². The molecule has 18 heavy (non-hydrogen) atoms. The van der Waals surface area contributed by atoms with E-state index in [-0.39, 0.29) is 0 Å². The quantitative estimate of drug-likeness (QED) is 0.812. The van der Waals surface area contributed by atoms with Gasteiger partial charge in [-0.05, 0) is 42.3 Å². The van der Waals surface area contributed by atoms with Crippen molar-refractivity contribution in [3.8, 4) is 0 Å². The lowest BCUT2D eigenvalue weighted by Crippen LogP contribution is -2.07. The SMILES string of the molecule is [CH2]c1cccnc1C=Cc1ccc(N(C)C)cc1. The van der Waals surface area contributed by atoms with E-state index in [0.29, 0.717) is 0 Å². The molecule has 0 saturated carbocycles. The van der Waals surface area contributed by atoms with Gasteiger partial charge in [0.05, 0.1) is 5.69 Å². The Balaban J connectivity index is 2.17. The summed E-state index contributed by atoms with van der Waals surface area (Å²) in [6, 6.07) is 12.2. The van der Waals surface area contributed by atoms with Crippen molar-refractivity contribution in [3.05, 3.63) is 66.3 Å². The van der Waals surface area contributed by atoms with Crippen molar-refractivity contribution in [2.24, 2.45) is 0 Å². The van der Waals surface area contributed by atoms with Crippen LogP contribution < -0.4 is 4.90 Å². The first-order valence-electron chi connectivity index (χ1n) is 5.89. The summed E-state index contributed by atoms with van der Waals surface area (Å²) in [6.07, 6.45) is 5.83. The van der Waals surface area contributed by atoms with Crippen LogP contribution in [0.4, 0.5) is 5.69 Å². The summed E-state index contributed by atoms with van der Waals surface area (Å²) in [5, 5.41) is 0. The van der Waals surface area contributed by atoms with Gasteiger partial charge in [-0.15, -0.1) is 0 Å². The third kappa shape index (κ3) is 2.98. The van der Waals surface area contributed by atoms with Gasteiger partial charge in [0, 0.05) is 26.0 Å². The fourth-order valence-electron chi connectivity index (χ4n) is 1.66. The minimum Gasteiger partial charge on any atom is -0.378 e. The Kier molecular flexibility index (Phi) is 3.78. The summed E-state index contributed by atoms with van der Waals surface area (Å²) in [5.41, 5.74) is 4.21. The highest BCUT2D eigenvalue weighted by Crippen LogP contribution is 2.14. The Hall–Kier alpha value is -2.09. The lowest BCUT2D eigenvalue weighted by molar-refractivity contribution is 1.13. The maximum atomic E-state index is 4.28. The molecule has 2 nitrogen and oxygen atoms in total. The molecule has 0 bridgehead atoms. The molecule has 1 aromatic carbocycles. The molecule has 0 aliphatic rings. The minimum atomic E-state index is 0.911. The van der Waals surface area contributed by atoms with E-state index in [0.717, 1.165) is 16.8 Å². The van der Waals surface area contributed by atoms with Crippen molar-refractivity contribution in [2.45, 2.75) is 0 Å². The van der Waals surface area contributed by atoms with E-state index in [2.05, 4.69) is 47.1 Å². The molecule has 1 heterocycles. The van der Waals surface area contributed by atoms with Gasteiger partial charge in [-0.25, -0.2) is 0 Å². The summed E-state index contributed by atoms with van der Waals surface area (Å²) in [4.78, 5) is 6.37. The Morgan fingerprint density at radius 3 is 2.39 bits per heavy atom. The molecule has 0 atom stereocenters. The van der Waals surface area contributed by atoms with Crippen LogP contribution in [0.2, 0.25) is 0 Å². The second kappa shape index (κ2) is 5.50. The van der Waals surface area contributed by atoms with Gasteiger partial charge in [-0.1, -0.05) is 24.3 Å². The van der Waals surface area contributed by atoms with Crippen molar-refractivity contribution >= 4 is 17.8 Å². The third-order valence-electron chi connectivity index (χ3n) is 2.77. The molecule has 0 spiro atoms. The van der Waals surface area contributed by atoms with Gasteiger partial charge in [0.1, 0.15) is 0 Å². The Bertz CT molecular complexity index is 539. The predicted molar refractivity (Wildman–Crippen MR) is 78.4 cm³/mol. The molecule has 0 unspecified atom stereocenters. The van der Waals surface area contributed by atoms with Gasteiger partial charge >= 0.3 is 0 Å². The minimum absolute atomic E-state index is 0.911. The number of hydrogen-bond acceptors (Lipinski definition) is 2. The zero-order valence-electron chi connectivity index (χ0n) is 10.8. The van der Waals surface area contributed by atoms with Crippen molar-refractivity contribution in [1.29, 1.82) is 0 Å². The Morgan fingerprint density at radius 1 is 1.06 bits per heavy atom. The van der Waals surface area contributed by atoms with Gasteiger partial charge in [-0.2, -0.15) is 0 Å². The average Bonchev–Trinajstić information content (AvgIpc) is 2.38. The van der Waals surface area contributed by atoms with E-state index in [4.69, 9.17) is 0 Å². The van der Waals surface area contributed by atoms with Crippen LogP contribution in [-0.2, 0) is 0 Å². The van der Waals surface area contributed by atoms with Crippen molar-refractivity contribution in [3.63, 3.8) is 0 Å². The number of hydrogen-bond donors (Lipinski definition) is 0. The summed E-state index contributed by atoms with van der Waals surface area (Å²) >= 11 is 0. The van der Waals surface area contributed by atoms with Crippen LogP contribution in [0.15, 0.2) is 42.6 Å². The standard InChI is InChI=1S/C16H17N2/c1-13-5-4-12-17-16(13)11-8-14-6-9-15(10-7-14)18(2)3/h4-12H,1H2,2-3H3. The maximum Gasteiger partial charge on any atom is 0.0661 e. The van der Waals surface area contributed by atoms with Gasteiger partial charge in [-0.3, -0.25) is 4.98 Å². The molecule has 1 aromatic heterocycles. The summed E-state index contributed by atoms with van der Waals surface area (Å²) < 4.78 is 0. The zero-order chi connectivity index (χ0) is 13.0. The Labute approximate surface area is 109 Å². The van der Waals surface area contributed by atoms with Crippen molar-refractivity contribution in [2.75, 3.05) is 19.0 Å². The first kappa shape index (κ1) is 12.4. The lowest BCUT2D eigenvalue weighted by atomic mass is 10.1. The summed E-state index contributed by atoms with van der Waals surface area (Å²) in [6.45, 7) is 3.95. The zero-order valence-corrected chi connectivity index (χ0v) is 10.8. The number of aromatic nitrogens is 1. The van der Waals surface area contributed by atoms with E-state index in [1.807, 2.05) is 32.3 Å². The summed E-state index contributed by atoms with van der Waals surface area (Å²) in [5.74, 6) is 0. The molecule has 0 N–H and O–H groups in total. The molecule has 2 heteroatoms.